The first kappa shape index (κ1) is 18.5. The van der Waals surface area contributed by atoms with Crippen LogP contribution in [0.1, 0.15) is 17.3 Å². The largest absolute Gasteiger partial charge is 0.380 e. The summed E-state index contributed by atoms with van der Waals surface area (Å²) in [5.74, 6) is -0.508. The van der Waals surface area contributed by atoms with Gasteiger partial charge in [0, 0.05) is 30.9 Å². The fraction of sp³-hybridized carbons (Fsp3) is 0.417. The number of benzene rings is 1. The Kier molecular flexibility index (Phi) is 6.74. The van der Waals surface area contributed by atoms with Crippen LogP contribution in [0.4, 0.5) is 0 Å². The molecule has 0 bridgehead atoms. The van der Waals surface area contributed by atoms with Gasteiger partial charge < -0.3 is 9.64 Å². The molecule has 0 unspecified atom stereocenters. The van der Waals surface area contributed by atoms with Crippen molar-refractivity contribution >= 4 is 48.8 Å². The van der Waals surface area contributed by atoms with Gasteiger partial charge in [-0.3, -0.25) is 4.79 Å². The van der Waals surface area contributed by atoms with Crippen molar-refractivity contribution in [2.45, 2.75) is 11.8 Å². The quantitative estimate of drug-likeness (QED) is 0.567. The molecule has 0 N–H and O–H groups in total. The first-order chi connectivity index (χ1) is 9.70. The Labute approximate surface area is 138 Å². The van der Waals surface area contributed by atoms with Crippen LogP contribution in [-0.4, -0.2) is 46.0 Å². The molecule has 1 aromatic carbocycles. The molecule has 5 nitrogen and oxygen atoms in total. The van der Waals surface area contributed by atoms with Crippen LogP contribution in [0.25, 0.3) is 0 Å². The molecule has 0 aliphatic rings. The van der Waals surface area contributed by atoms with E-state index in [1.807, 2.05) is 6.92 Å². The number of hydrogen-bond donors (Lipinski definition) is 0. The highest BCUT2D eigenvalue weighted by Crippen LogP contribution is 2.33. The first-order valence-electron chi connectivity index (χ1n) is 5.96. The molecule has 0 saturated heterocycles. The van der Waals surface area contributed by atoms with Gasteiger partial charge in [0.05, 0.1) is 22.2 Å². The molecule has 0 atom stereocenters. The number of nitrogens with zero attached hydrogens (tertiary/aromatic N) is 1. The van der Waals surface area contributed by atoms with Gasteiger partial charge in [-0.25, -0.2) is 8.42 Å². The Morgan fingerprint density at radius 3 is 2.48 bits per heavy atom. The van der Waals surface area contributed by atoms with Crippen molar-refractivity contribution in [1.29, 1.82) is 0 Å². The lowest BCUT2D eigenvalue weighted by atomic mass is 10.2. The number of carbonyl (C=O) groups excluding carboxylic acids is 1. The molecule has 9 heteroatoms. The van der Waals surface area contributed by atoms with E-state index in [9.17, 15) is 13.2 Å². The maximum Gasteiger partial charge on any atom is 0.262 e. The third-order valence-corrected chi connectivity index (χ3v) is 4.84. The average molecular weight is 375 g/mol. The molecule has 0 aliphatic carbocycles. The Morgan fingerprint density at radius 1 is 1.33 bits per heavy atom. The molecule has 1 rings (SSSR count). The van der Waals surface area contributed by atoms with Crippen LogP contribution in [0.15, 0.2) is 17.0 Å². The molecule has 1 amide bonds. The molecule has 0 heterocycles. The Hall–Kier alpha value is -0.530. The normalized spacial score (nSPS) is 11.5. The van der Waals surface area contributed by atoms with Gasteiger partial charge in [0.25, 0.3) is 15.0 Å². The zero-order chi connectivity index (χ0) is 16.2. The van der Waals surface area contributed by atoms with Crippen LogP contribution in [-0.2, 0) is 13.8 Å². The number of halogens is 3. The van der Waals surface area contributed by atoms with E-state index >= 15 is 0 Å². The molecule has 0 fully saturated rings. The molecule has 0 spiro atoms. The summed E-state index contributed by atoms with van der Waals surface area (Å²) in [6.45, 7) is 3.03. The lowest BCUT2D eigenvalue weighted by Crippen LogP contribution is -2.30. The third-order valence-electron chi connectivity index (χ3n) is 2.65. The number of likely N-dealkylation sites (N-methyl/N-ethyl adjacent to an activating group) is 1. The Bertz CT molecular complexity index is 634. The van der Waals surface area contributed by atoms with E-state index in [1.165, 1.54) is 18.0 Å². The summed E-state index contributed by atoms with van der Waals surface area (Å²) in [4.78, 5) is 13.3. The second kappa shape index (κ2) is 7.65. The van der Waals surface area contributed by atoms with Crippen LogP contribution < -0.4 is 0 Å². The molecule has 0 saturated carbocycles. The zero-order valence-corrected chi connectivity index (χ0v) is 14.5. The minimum absolute atomic E-state index is 0.0531. The Balaban J connectivity index is 3.15. The van der Waals surface area contributed by atoms with E-state index in [0.29, 0.717) is 19.8 Å². The molecule has 0 aliphatic heterocycles. The van der Waals surface area contributed by atoms with Crippen LogP contribution in [0.3, 0.4) is 0 Å². The van der Waals surface area contributed by atoms with Gasteiger partial charge in [0.2, 0.25) is 0 Å². The zero-order valence-electron chi connectivity index (χ0n) is 11.4. The summed E-state index contributed by atoms with van der Waals surface area (Å²) in [5, 5.41) is -0.233. The highest BCUT2D eigenvalue weighted by molar-refractivity contribution is 8.13. The SMILES string of the molecule is CCOCCN(C)C(=O)c1c(Cl)ccc(S(=O)(=O)Cl)c1Cl. The van der Waals surface area contributed by atoms with Crippen molar-refractivity contribution in [3.05, 3.63) is 27.7 Å². The molecule has 118 valence electrons. The van der Waals surface area contributed by atoms with Crippen molar-refractivity contribution in [3.8, 4) is 0 Å². The molecular formula is C12H14Cl3NO4S. The predicted octanol–water partition coefficient (Wildman–Crippen LogP) is 3.03. The number of hydrogen-bond acceptors (Lipinski definition) is 4. The monoisotopic (exact) mass is 373 g/mol. The van der Waals surface area contributed by atoms with Gasteiger partial charge in [-0.1, -0.05) is 23.2 Å². The standard InChI is InChI=1S/C12H14Cl3NO4S/c1-3-20-7-6-16(2)12(17)10-8(13)4-5-9(11(10)14)21(15,18)19/h4-5H,3,6-7H2,1-2H3. The van der Waals surface area contributed by atoms with Gasteiger partial charge >= 0.3 is 0 Å². The molecule has 1 aromatic rings. The second-order valence-corrected chi connectivity index (χ2v) is 7.42. The summed E-state index contributed by atoms with van der Waals surface area (Å²) in [5.41, 5.74) is -0.0981. The van der Waals surface area contributed by atoms with Crippen molar-refractivity contribution in [3.63, 3.8) is 0 Å². The van der Waals surface area contributed by atoms with E-state index in [0.717, 1.165) is 6.07 Å². The first-order valence-corrected chi connectivity index (χ1v) is 9.02. The lowest BCUT2D eigenvalue weighted by Gasteiger charge is -2.19. The topological polar surface area (TPSA) is 63.7 Å². The van der Waals surface area contributed by atoms with Crippen molar-refractivity contribution in [1.82, 2.24) is 4.90 Å². The minimum Gasteiger partial charge on any atom is -0.380 e. The molecular weight excluding hydrogens is 361 g/mol. The van der Waals surface area contributed by atoms with Gasteiger partial charge in [0.15, 0.2) is 0 Å². The summed E-state index contributed by atoms with van der Waals surface area (Å²) >= 11 is 11.9. The number of amides is 1. The number of carbonyl (C=O) groups is 1. The van der Waals surface area contributed by atoms with Crippen molar-refractivity contribution in [2.75, 3.05) is 26.8 Å². The fourth-order valence-corrected chi connectivity index (χ4v) is 3.44. The van der Waals surface area contributed by atoms with Gasteiger partial charge in [-0.15, -0.1) is 0 Å². The van der Waals surface area contributed by atoms with Crippen LogP contribution in [0.2, 0.25) is 10.0 Å². The molecule has 0 aromatic heterocycles. The van der Waals surface area contributed by atoms with E-state index < -0.39 is 15.0 Å². The van der Waals surface area contributed by atoms with Gasteiger partial charge in [0.1, 0.15) is 4.90 Å². The summed E-state index contributed by atoms with van der Waals surface area (Å²) in [7, 11) is 2.75. The minimum atomic E-state index is -4.07. The number of ether oxygens (including phenoxy) is 1. The molecule has 0 radical (unpaired) electrons. The highest BCUT2D eigenvalue weighted by Gasteiger charge is 2.25. The van der Waals surface area contributed by atoms with Crippen molar-refractivity contribution < 1.29 is 17.9 Å². The third kappa shape index (κ3) is 4.72. The highest BCUT2D eigenvalue weighted by atomic mass is 35.7. The lowest BCUT2D eigenvalue weighted by molar-refractivity contribution is 0.0710. The predicted molar refractivity (Wildman–Crippen MR) is 83.0 cm³/mol. The fourth-order valence-electron chi connectivity index (χ4n) is 1.56. The van der Waals surface area contributed by atoms with Crippen LogP contribution in [0, 0.1) is 0 Å². The number of rotatable bonds is 6. The van der Waals surface area contributed by atoms with Crippen LogP contribution >= 0.6 is 33.9 Å². The van der Waals surface area contributed by atoms with Crippen molar-refractivity contribution in [2.24, 2.45) is 0 Å². The van der Waals surface area contributed by atoms with Gasteiger partial charge in [-0.2, -0.15) is 0 Å². The van der Waals surface area contributed by atoms with Crippen LogP contribution in [0.5, 0.6) is 0 Å². The second-order valence-electron chi connectivity index (χ2n) is 4.10. The Morgan fingerprint density at radius 2 is 1.95 bits per heavy atom. The van der Waals surface area contributed by atoms with Gasteiger partial charge in [-0.05, 0) is 19.1 Å². The van der Waals surface area contributed by atoms with E-state index in [2.05, 4.69) is 0 Å². The van der Waals surface area contributed by atoms with E-state index in [-0.39, 0.29) is 20.5 Å². The van der Waals surface area contributed by atoms with E-state index in [4.69, 9.17) is 38.6 Å². The summed E-state index contributed by atoms with van der Waals surface area (Å²) < 4.78 is 28.0. The smallest absolute Gasteiger partial charge is 0.262 e. The average Bonchev–Trinajstić information content (AvgIpc) is 2.37. The maximum atomic E-state index is 12.3. The van der Waals surface area contributed by atoms with E-state index in [1.54, 1.807) is 0 Å². The maximum absolute atomic E-state index is 12.3. The summed E-state index contributed by atoms with van der Waals surface area (Å²) in [6.07, 6.45) is 0. The molecule has 21 heavy (non-hydrogen) atoms. The summed E-state index contributed by atoms with van der Waals surface area (Å²) in [6, 6.07) is 2.43.